The Labute approximate surface area is 177 Å². The molecule has 1 aliphatic rings. The molecule has 0 spiro atoms. The summed E-state index contributed by atoms with van der Waals surface area (Å²) in [5.74, 6) is 0.662. The molecule has 1 saturated heterocycles. The first-order valence-corrected chi connectivity index (χ1v) is 10.9. The zero-order valence-electron chi connectivity index (χ0n) is 16.4. The highest BCUT2D eigenvalue weighted by Gasteiger charge is 2.20. The van der Waals surface area contributed by atoms with Crippen molar-refractivity contribution in [2.75, 3.05) is 37.2 Å². The van der Waals surface area contributed by atoms with E-state index in [1.807, 2.05) is 17.5 Å². The topological polar surface area (TPSA) is 84.9 Å². The molecule has 3 N–H and O–H groups in total. The Morgan fingerprint density at radius 1 is 1.10 bits per heavy atom. The first-order valence-electron chi connectivity index (χ1n) is 10.0. The molecule has 1 aromatic carbocycles. The molecule has 3 aromatic heterocycles. The normalized spacial score (nSPS) is 14.6. The number of nitrogens with one attached hydrogen (secondary N) is 1. The molecule has 9 heteroatoms. The van der Waals surface area contributed by atoms with E-state index in [-0.39, 0.29) is 5.82 Å². The third kappa shape index (κ3) is 3.61. The molecule has 0 radical (unpaired) electrons. The quantitative estimate of drug-likeness (QED) is 0.491. The predicted octanol–water partition coefficient (Wildman–Crippen LogP) is 3.77. The Hall–Kier alpha value is -3.04. The first kappa shape index (κ1) is 19.0. The molecule has 0 atom stereocenters. The van der Waals surface area contributed by atoms with Crippen LogP contribution in [0.4, 0.5) is 16.2 Å². The van der Waals surface area contributed by atoms with Gasteiger partial charge in [-0.2, -0.15) is 4.98 Å². The van der Waals surface area contributed by atoms with E-state index in [9.17, 15) is 4.39 Å². The second-order valence-corrected chi connectivity index (χ2v) is 8.27. The summed E-state index contributed by atoms with van der Waals surface area (Å²) in [5, 5.41) is 10.6. The van der Waals surface area contributed by atoms with Crippen molar-refractivity contribution in [3.8, 4) is 16.3 Å². The monoisotopic (exact) mass is 423 g/mol. The average molecular weight is 424 g/mol. The van der Waals surface area contributed by atoms with Gasteiger partial charge in [-0.05, 0) is 61.6 Å². The Kier molecular flexibility index (Phi) is 5.06. The number of hydrogen-bond donors (Lipinski definition) is 2. The fourth-order valence-corrected chi connectivity index (χ4v) is 4.51. The van der Waals surface area contributed by atoms with Gasteiger partial charge >= 0.3 is 0 Å². The molecule has 0 amide bonds. The lowest BCUT2D eigenvalue weighted by Gasteiger charge is -2.14. The van der Waals surface area contributed by atoms with E-state index in [0.29, 0.717) is 28.5 Å². The Morgan fingerprint density at radius 3 is 2.63 bits per heavy atom. The summed E-state index contributed by atoms with van der Waals surface area (Å²) in [7, 11) is 0. The minimum atomic E-state index is -0.308. The largest absolute Gasteiger partial charge is 0.383 e. The van der Waals surface area contributed by atoms with E-state index in [4.69, 9.17) is 10.7 Å². The molecule has 0 bridgehead atoms. The number of halogens is 1. The van der Waals surface area contributed by atoms with Gasteiger partial charge < -0.3 is 16.0 Å². The average Bonchev–Trinajstić information content (AvgIpc) is 3.50. The molecular formula is C21H22FN7S. The molecule has 4 heterocycles. The van der Waals surface area contributed by atoms with Gasteiger partial charge in [-0.3, -0.25) is 0 Å². The standard InChI is InChI=1S/C21H22FN7S/c22-14-5-7-15(8-6-14)29-19(23)17-18(16-4-3-13-30-16)25-21(26-20(17)27-29)24-9-12-28-10-1-2-11-28/h3-8,13H,1-2,9-12,23H2,(H,24,26,27). The minimum Gasteiger partial charge on any atom is -0.383 e. The number of nitrogens with zero attached hydrogens (tertiary/aromatic N) is 5. The maximum Gasteiger partial charge on any atom is 0.225 e. The van der Waals surface area contributed by atoms with Crippen LogP contribution < -0.4 is 11.1 Å². The van der Waals surface area contributed by atoms with Gasteiger partial charge in [0.15, 0.2) is 5.65 Å². The number of anilines is 2. The molecule has 4 aromatic rings. The molecule has 7 nitrogen and oxygen atoms in total. The van der Waals surface area contributed by atoms with Crippen molar-refractivity contribution >= 4 is 34.1 Å². The van der Waals surface area contributed by atoms with E-state index in [1.54, 1.807) is 28.2 Å². The fraction of sp³-hybridized carbons (Fsp3) is 0.286. The van der Waals surface area contributed by atoms with Crippen LogP contribution in [-0.2, 0) is 0 Å². The molecule has 0 saturated carbocycles. The van der Waals surface area contributed by atoms with Crippen molar-refractivity contribution < 1.29 is 4.39 Å². The van der Waals surface area contributed by atoms with Crippen molar-refractivity contribution in [3.05, 3.63) is 47.6 Å². The molecule has 1 aliphatic heterocycles. The van der Waals surface area contributed by atoms with Crippen LogP contribution in [-0.4, -0.2) is 50.8 Å². The highest BCUT2D eigenvalue weighted by Crippen LogP contribution is 2.34. The molecule has 1 fully saturated rings. The zero-order chi connectivity index (χ0) is 20.5. The first-order chi connectivity index (χ1) is 14.7. The van der Waals surface area contributed by atoms with Crippen LogP contribution in [0, 0.1) is 5.82 Å². The van der Waals surface area contributed by atoms with Gasteiger partial charge in [-0.15, -0.1) is 16.4 Å². The van der Waals surface area contributed by atoms with Crippen molar-refractivity contribution in [1.29, 1.82) is 0 Å². The second-order valence-electron chi connectivity index (χ2n) is 7.32. The van der Waals surface area contributed by atoms with E-state index >= 15 is 0 Å². The Balaban J connectivity index is 1.53. The molecule has 0 unspecified atom stereocenters. The van der Waals surface area contributed by atoms with Crippen LogP contribution in [0.15, 0.2) is 41.8 Å². The van der Waals surface area contributed by atoms with Gasteiger partial charge in [-0.1, -0.05) is 6.07 Å². The van der Waals surface area contributed by atoms with Crippen LogP contribution in [0.25, 0.3) is 27.3 Å². The third-order valence-electron chi connectivity index (χ3n) is 5.30. The maximum absolute atomic E-state index is 13.3. The van der Waals surface area contributed by atoms with E-state index in [0.717, 1.165) is 36.8 Å². The number of hydrogen-bond acceptors (Lipinski definition) is 7. The van der Waals surface area contributed by atoms with E-state index in [2.05, 4.69) is 20.3 Å². The number of nitrogens with two attached hydrogens (primary N) is 1. The lowest BCUT2D eigenvalue weighted by molar-refractivity contribution is 0.352. The summed E-state index contributed by atoms with van der Waals surface area (Å²) in [6.45, 7) is 4.03. The van der Waals surface area contributed by atoms with Crippen LogP contribution in [0.2, 0.25) is 0 Å². The summed E-state index contributed by atoms with van der Waals surface area (Å²) in [5.41, 5.74) is 8.39. The van der Waals surface area contributed by atoms with Crippen molar-refractivity contribution in [3.63, 3.8) is 0 Å². The highest BCUT2D eigenvalue weighted by atomic mass is 32.1. The van der Waals surface area contributed by atoms with Crippen molar-refractivity contribution in [1.82, 2.24) is 24.6 Å². The summed E-state index contributed by atoms with van der Waals surface area (Å²) in [6, 6.07) is 10.1. The maximum atomic E-state index is 13.3. The molecule has 154 valence electrons. The van der Waals surface area contributed by atoms with Crippen LogP contribution in [0.3, 0.4) is 0 Å². The fourth-order valence-electron chi connectivity index (χ4n) is 3.79. The van der Waals surface area contributed by atoms with Gasteiger partial charge in [0.25, 0.3) is 0 Å². The number of nitrogen functional groups attached to an aromatic ring is 1. The molecule has 0 aliphatic carbocycles. The summed E-state index contributed by atoms with van der Waals surface area (Å²) in [4.78, 5) is 12.8. The van der Waals surface area contributed by atoms with Crippen LogP contribution in [0.1, 0.15) is 12.8 Å². The minimum absolute atomic E-state index is 0.308. The number of thiophene rings is 1. The molecule has 5 rings (SSSR count). The van der Waals surface area contributed by atoms with Crippen LogP contribution in [0.5, 0.6) is 0 Å². The number of fused-ring (bicyclic) bond motifs is 1. The van der Waals surface area contributed by atoms with Gasteiger partial charge in [-0.25, -0.2) is 14.1 Å². The molecular weight excluding hydrogens is 401 g/mol. The van der Waals surface area contributed by atoms with Gasteiger partial charge in [0.05, 0.1) is 21.6 Å². The van der Waals surface area contributed by atoms with E-state index < -0.39 is 0 Å². The summed E-state index contributed by atoms with van der Waals surface area (Å²) in [6.07, 6.45) is 2.54. The number of benzene rings is 1. The second kappa shape index (κ2) is 8.00. The predicted molar refractivity (Wildman–Crippen MR) is 119 cm³/mol. The summed E-state index contributed by atoms with van der Waals surface area (Å²) >= 11 is 1.59. The van der Waals surface area contributed by atoms with E-state index in [1.165, 1.54) is 25.0 Å². The zero-order valence-corrected chi connectivity index (χ0v) is 17.2. The number of rotatable bonds is 6. The van der Waals surface area contributed by atoms with Crippen molar-refractivity contribution in [2.24, 2.45) is 0 Å². The molecule has 30 heavy (non-hydrogen) atoms. The van der Waals surface area contributed by atoms with Gasteiger partial charge in [0.1, 0.15) is 11.6 Å². The SMILES string of the molecule is Nc1c2c(-c3cccs3)nc(NCCN3CCCC3)nc2nn1-c1ccc(F)cc1. The lowest BCUT2D eigenvalue weighted by atomic mass is 10.2. The van der Waals surface area contributed by atoms with Gasteiger partial charge in [0.2, 0.25) is 5.95 Å². The summed E-state index contributed by atoms with van der Waals surface area (Å²) < 4.78 is 14.9. The Morgan fingerprint density at radius 2 is 1.90 bits per heavy atom. The number of likely N-dealkylation sites (tertiary alicyclic amines) is 1. The van der Waals surface area contributed by atoms with Crippen molar-refractivity contribution in [2.45, 2.75) is 12.8 Å². The Bertz CT molecular complexity index is 1150. The van der Waals surface area contributed by atoms with Crippen LogP contribution >= 0.6 is 11.3 Å². The highest BCUT2D eigenvalue weighted by molar-refractivity contribution is 7.13. The third-order valence-corrected chi connectivity index (χ3v) is 6.18. The smallest absolute Gasteiger partial charge is 0.225 e. The van der Waals surface area contributed by atoms with Gasteiger partial charge in [0, 0.05) is 13.1 Å². The number of aromatic nitrogens is 4. The lowest BCUT2D eigenvalue weighted by Crippen LogP contribution is -2.26.